The predicted molar refractivity (Wildman–Crippen MR) is 58.5 cm³/mol. The normalized spacial score (nSPS) is 13.3. The predicted octanol–water partition coefficient (Wildman–Crippen LogP) is -0.441. The van der Waals surface area contributed by atoms with E-state index in [9.17, 15) is 5.11 Å². The number of likely N-dealkylation sites (N-methyl/N-ethyl adjacent to an activating group) is 1. The van der Waals surface area contributed by atoms with E-state index in [0.29, 0.717) is 24.8 Å². The van der Waals surface area contributed by atoms with Crippen LogP contribution in [-0.2, 0) is 11.3 Å². The largest absolute Gasteiger partial charge is 0.389 e. The Morgan fingerprint density at radius 1 is 1.60 bits per heavy atom. The molecular weight excluding hydrogens is 216 g/mol. The molecule has 6 nitrogen and oxygen atoms in total. The molecule has 1 rings (SSSR count). The van der Waals surface area contributed by atoms with Gasteiger partial charge in [-0.3, -0.25) is 4.90 Å². The van der Waals surface area contributed by atoms with Crippen LogP contribution in [0.3, 0.4) is 0 Å². The maximum absolute atomic E-state index is 9.48. The van der Waals surface area contributed by atoms with E-state index in [-0.39, 0.29) is 0 Å². The molecule has 3 N–H and O–H groups in total. The van der Waals surface area contributed by atoms with E-state index in [1.165, 1.54) is 11.3 Å². The molecule has 0 saturated heterocycles. The van der Waals surface area contributed by atoms with Gasteiger partial charge in [0.1, 0.15) is 5.01 Å². The highest BCUT2D eigenvalue weighted by Crippen LogP contribution is 2.12. The van der Waals surface area contributed by atoms with Gasteiger partial charge in [-0.15, -0.1) is 10.2 Å². The third-order valence-corrected chi connectivity index (χ3v) is 2.51. The Morgan fingerprint density at radius 3 is 2.87 bits per heavy atom. The summed E-state index contributed by atoms with van der Waals surface area (Å²) in [5.74, 6) is 0. The molecule has 1 atom stereocenters. The Balaban J connectivity index is 2.32. The van der Waals surface area contributed by atoms with E-state index in [4.69, 9.17) is 10.5 Å². The highest BCUT2D eigenvalue weighted by Gasteiger charge is 2.10. The lowest BCUT2D eigenvalue weighted by Gasteiger charge is -2.18. The van der Waals surface area contributed by atoms with Gasteiger partial charge < -0.3 is 15.6 Å². The van der Waals surface area contributed by atoms with Gasteiger partial charge >= 0.3 is 0 Å². The summed E-state index contributed by atoms with van der Waals surface area (Å²) in [5, 5.41) is 18.4. The molecule has 0 amide bonds. The topological polar surface area (TPSA) is 84.5 Å². The van der Waals surface area contributed by atoms with Crippen molar-refractivity contribution in [1.29, 1.82) is 0 Å². The summed E-state index contributed by atoms with van der Waals surface area (Å²) in [5.41, 5.74) is 5.46. The molecule has 0 spiro atoms. The molecule has 0 aromatic carbocycles. The Morgan fingerprint density at radius 2 is 2.33 bits per heavy atom. The number of nitrogens with two attached hydrogens (primary N) is 1. The zero-order chi connectivity index (χ0) is 11.3. The van der Waals surface area contributed by atoms with Crippen molar-refractivity contribution in [3.8, 4) is 0 Å². The smallest absolute Gasteiger partial charge is 0.203 e. The Labute approximate surface area is 92.7 Å². The van der Waals surface area contributed by atoms with Crippen molar-refractivity contribution >= 4 is 16.5 Å². The SMILES string of the molecule is COCC(O)CN(C)Cc1nnc(N)s1. The van der Waals surface area contributed by atoms with Crippen LogP contribution in [0, 0.1) is 0 Å². The number of hydrogen-bond donors (Lipinski definition) is 2. The van der Waals surface area contributed by atoms with Gasteiger partial charge in [0, 0.05) is 13.7 Å². The van der Waals surface area contributed by atoms with Crippen LogP contribution in [0.15, 0.2) is 0 Å². The van der Waals surface area contributed by atoms with E-state index in [1.54, 1.807) is 7.11 Å². The van der Waals surface area contributed by atoms with Gasteiger partial charge in [-0.1, -0.05) is 11.3 Å². The van der Waals surface area contributed by atoms with Crippen LogP contribution in [0.2, 0.25) is 0 Å². The molecule has 0 bridgehead atoms. The molecule has 0 radical (unpaired) electrons. The highest BCUT2D eigenvalue weighted by atomic mass is 32.1. The van der Waals surface area contributed by atoms with Crippen molar-refractivity contribution < 1.29 is 9.84 Å². The van der Waals surface area contributed by atoms with Crippen molar-refractivity contribution in [2.75, 3.05) is 33.0 Å². The number of methoxy groups -OCH3 is 1. The van der Waals surface area contributed by atoms with E-state index >= 15 is 0 Å². The number of hydrogen-bond acceptors (Lipinski definition) is 7. The molecule has 0 saturated carbocycles. The number of rotatable bonds is 6. The molecule has 1 aromatic rings. The maximum Gasteiger partial charge on any atom is 0.203 e. The van der Waals surface area contributed by atoms with E-state index in [1.807, 2.05) is 11.9 Å². The number of anilines is 1. The number of nitrogen functional groups attached to an aromatic ring is 1. The molecule has 86 valence electrons. The average molecular weight is 232 g/mol. The number of ether oxygens (including phenoxy) is 1. The van der Waals surface area contributed by atoms with Crippen molar-refractivity contribution in [2.24, 2.45) is 0 Å². The number of nitrogens with zero attached hydrogens (tertiary/aromatic N) is 3. The van der Waals surface area contributed by atoms with Crippen LogP contribution in [-0.4, -0.2) is 53.6 Å². The lowest BCUT2D eigenvalue weighted by molar-refractivity contribution is 0.0418. The minimum atomic E-state index is -0.481. The van der Waals surface area contributed by atoms with Gasteiger partial charge in [-0.2, -0.15) is 0 Å². The number of aromatic nitrogens is 2. The Bertz CT molecular complexity index is 294. The minimum Gasteiger partial charge on any atom is -0.389 e. The van der Waals surface area contributed by atoms with Crippen LogP contribution in [0.4, 0.5) is 5.13 Å². The fraction of sp³-hybridized carbons (Fsp3) is 0.750. The third kappa shape index (κ3) is 4.52. The highest BCUT2D eigenvalue weighted by molar-refractivity contribution is 7.15. The first-order chi connectivity index (χ1) is 7.11. The monoisotopic (exact) mass is 232 g/mol. The van der Waals surface area contributed by atoms with Gasteiger partial charge in [0.05, 0.1) is 19.3 Å². The second kappa shape index (κ2) is 5.96. The zero-order valence-corrected chi connectivity index (χ0v) is 9.70. The molecule has 0 aliphatic carbocycles. The summed E-state index contributed by atoms with van der Waals surface area (Å²) >= 11 is 1.36. The average Bonchev–Trinajstić information content (AvgIpc) is 2.51. The molecule has 15 heavy (non-hydrogen) atoms. The first-order valence-electron chi connectivity index (χ1n) is 4.55. The van der Waals surface area contributed by atoms with Gasteiger partial charge in [0.2, 0.25) is 5.13 Å². The van der Waals surface area contributed by atoms with E-state index < -0.39 is 6.10 Å². The fourth-order valence-electron chi connectivity index (χ4n) is 1.23. The van der Waals surface area contributed by atoms with Crippen molar-refractivity contribution in [3.05, 3.63) is 5.01 Å². The minimum absolute atomic E-state index is 0.336. The molecule has 0 aliphatic rings. The molecule has 0 aliphatic heterocycles. The van der Waals surface area contributed by atoms with Crippen molar-refractivity contribution in [3.63, 3.8) is 0 Å². The Hall–Kier alpha value is -0.760. The van der Waals surface area contributed by atoms with Gasteiger partial charge in [-0.25, -0.2) is 0 Å². The number of aliphatic hydroxyl groups is 1. The summed E-state index contributed by atoms with van der Waals surface area (Å²) in [7, 11) is 3.46. The Kier molecular flexibility index (Phi) is 4.89. The van der Waals surface area contributed by atoms with Crippen LogP contribution in [0.25, 0.3) is 0 Å². The standard InChI is InChI=1S/C8H16N4O2S/c1-12(3-6(13)5-14-2)4-7-10-11-8(9)15-7/h6,13H,3-5H2,1-2H3,(H2,9,11). The van der Waals surface area contributed by atoms with Crippen LogP contribution < -0.4 is 5.73 Å². The van der Waals surface area contributed by atoms with Crippen LogP contribution >= 0.6 is 11.3 Å². The number of aliphatic hydroxyl groups excluding tert-OH is 1. The van der Waals surface area contributed by atoms with E-state index in [0.717, 1.165) is 5.01 Å². The molecule has 7 heteroatoms. The van der Waals surface area contributed by atoms with Crippen molar-refractivity contribution in [2.45, 2.75) is 12.6 Å². The maximum atomic E-state index is 9.48. The molecule has 0 fully saturated rings. The lowest BCUT2D eigenvalue weighted by atomic mass is 10.3. The summed E-state index contributed by atoms with van der Waals surface area (Å²) in [6.45, 7) is 1.51. The summed E-state index contributed by atoms with van der Waals surface area (Å²) < 4.78 is 4.84. The second-order valence-electron chi connectivity index (χ2n) is 3.34. The van der Waals surface area contributed by atoms with Gasteiger partial charge in [-0.05, 0) is 7.05 Å². The van der Waals surface area contributed by atoms with Gasteiger partial charge in [0.15, 0.2) is 0 Å². The lowest BCUT2D eigenvalue weighted by Crippen LogP contribution is -2.31. The van der Waals surface area contributed by atoms with Gasteiger partial charge in [0.25, 0.3) is 0 Å². The quantitative estimate of drug-likeness (QED) is 0.691. The summed E-state index contributed by atoms with van der Waals surface area (Å²) in [6.07, 6.45) is -0.481. The zero-order valence-electron chi connectivity index (χ0n) is 8.88. The first kappa shape index (κ1) is 12.3. The molecule has 1 unspecified atom stereocenters. The summed E-state index contributed by atoms with van der Waals surface area (Å²) in [6, 6.07) is 0. The van der Waals surface area contributed by atoms with E-state index in [2.05, 4.69) is 10.2 Å². The molecule has 1 heterocycles. The molecular formula is C8H16N4O2S. The van der Waals surface area contributed by atoms with Crippen LogP contribution in [0.1, 0.15) is 5.01 Å². The summed E-state index contributed by atoms with van der Waals surface area (Å²) in [4.78, 5) is 1.95. The molecule has 1 aromatic heterocycles. The van der Waals surface area contributed by atoms with Crippen molar-refractivity contribution in [1.82, 2.24) is 15.1 Å². The third-order valence-electron chi connectivity index (χ3n) is 1.77. The first-order valence-corrected chi connectivity index (χ1v) is 5.37. The second-order valence-corrected chi connectivity index (χ2v) is 4.43. The fourth-order valence-corrected chi connectivity index (χ4v) is 1.92. The van der Waals surface area contributed by atoms with Crippen LogP contribution in [0.5, 0.6) is 0 Å².